The highest BCUT2D eigenvalue weighted by atomic mass is 35.5. The Morgan fingerprint density at radius 1 is 1.17 bits per heavy atom. The minimum atomic E-state index is -3.63. The molecule has 2 aliphatic heterocycles. The van der Waals surface area contributed by atoms with Gasteiger partial charge in [-0.1, -0.05) is 67.1 Å². The second-order valence-corrected chi connectivity index (χ2v) is 17.6. The molecule has 2 amide bonds. The fourth-order valence-electron chi connectivity index (χ4n) is 8.52. The smallest absolute Gasteiger partial charge is 0.286 e. The van der Waals surface area contributed by atoms with Crippen LogP contribution in [0.4, 0.5) is 5.69 Å². The number of benzene rings is 3. The van der Waals surface area contributed by atoms with Crippen molar-refractivity contribution < 1.29 is 28.4 Å². The van der Waals surface area contributed by atoms with E-state index in [-0.39, 0.29) is 35.2 Å². The Hall–Kier alpha value is -3.70. The number of hydrogen-bond donors (Lipinski definition) is 2. The number of aliphatic hydroxyl groups is 1. The van der Waals surface area contributed by atoms with Crippen LogP contribution in [0.15, 0.2) is 83.2 Å². The highest BCUT2D eigenvalue weighted by Crippen LogP contribution is 2.47. The molecule has 4 aliphatic rings. The van der Waals surface area contributed by atoms with Crippen LogP contribution in [0.3, 0.4) is 0 Å². The van der Waals surface area contributed by atoms with Crippen LogP contribution >= 0.6 is 11.6 Å². The predicted octanol–water partition coefficient (Wildman–Crippen LogP) is 6.69. The molecule has 2 heterocycles. The molecule has 9 nitrogen and oxygen atoms in total. The van der Waals surface area contributed by atoms with Crippen molar-refractivity contribution in [2.45, 2.75) is 69.5 Å². The number of fused-ring (bicyclic) bond motifs is 4. The third kappa shape index (κ3) is 7.81. The van der Waals surface area contributed by atoms with Crippen LogP contribution in [-0.4, -0.2) is 65.9 Å². The normalized spacial score (nSPS) is 30.0. The molecule has 11 heteroatoms. The third-order valence-electron chi connectivity index (χ3n) is 11.3. The van der Waals surface area contributed by atoms with E-state index in [4.69, 9.17) is 21.1 Å². The van der Waals surface area contributed by atoms with Gasteiger partial charge >= 0.3 is 0 Å². The molecule has 3 aromatic carbocycles. The molecular formula is C41H48ClN3O6S. The van der Waals surface area contributed by atoms with E-state index in [0.29, 0.717) is 37.2 Å². The molecule has 1 spiro atoms. The van der Waals surface area contributed by atoms with Gasteiger partial charge in [0.2, 0.25) is 0 Å². The summed E-state index contributed by atoms with van der Waals surface area (Å²) in [4.78, 5) is 29.6. The molecule has 2 aliphatic carbocycles. The minimum absolute atomic E-state index is 0.0364. The lowest BCUT2D eigenvalue weighted by molar-refractivity contribution is -0.127. The van der Waals surface area contributed by atoms with E-state index in [1.54, 1.807) is 31.4 Å². The number of ether oxygens (including phenoxy) is 2. The van der Waals surface area contributed by atoms with Gasteiger partial charge < -0.3 is 19.5 Å². The van der Waals surface area contributed by atoms with Gasteiger partial charge in [-0.2, -0.15) is 0 Å². The molecule has 0 radical (unpaired) electrons. The van der Waals surface area contributed by atoms with Crippen molar-refractivity contribution in [3.05, 3.63) is 106 Å². The van der Waals surface area contributed by atoms with Gasteiger partial charge in [-0.05, 0) is 103 Å². The first kappa shape index (κ1) is 36.6. The number of carbonyl (C=O) groups is 2. The van der Waals surface area contributed by atoms with E-state index in [9.17, 15) is 18.9 Å². The summed E-state index contributed by atoms with van der Waals surface area (Å²) in [6.07, 6.45) is 8.26. The van der Waals surface area contributed by atoms with Crippen LogP contribution in [0, 0.1) is 17.8 Å². The van der Waals surface area contributed by atoms with Crippen LogP contribution < -0.4 is 14.4 Å². The van der Waals surface area contributed by atoms with Gasteiger partial charge in [-0.15, -0.1) is 4.36 Å². The molecule has 1 fully saturated rings. The summed E-state index contributed by atoms with van der Waals surface area (Å²) < 4.78 is 33.9. The van der Waals surface area contributed by atoms with Crippen molar-refractivity contribution in [3.8, 4) is 5.75 Å². The molecular weight excluding hydrogens is 698 g/mol. The van der Waals surface area contributed by atoms with Crippen LogP contribution in [-0.2, 0) is 37.7 Å². The summed E-state index contributed by atoms with van der Waals surface area (Å²) in [5, 5.41) is 11.5. The summed E-state index contributed by atoms with van der Waals surface area (Å²) in [6, 6.07) is 20.6. The number of allylic oxidation sites excluding steroid dienone is 1. The van der Waals surface area contributed by atoms with Crippen LogP contribution in [0.5, 0.6) is 5.75 Å². The maximum Gasteiger partial charge on any atom is 0.286 e. The fourth-order valence-corrected chi connectivity index (χ4v) is 10.7. The molecule has 0 saturated heterocycles. The minimum Gasteiger partial charge on any atom is -0.490 e. The van der Waals surface area contributed by atoms with Gasteiger partial charge in [0.15, 0.2) is 0 Å². The topological polar surface area (TPSA) is 118 Å². The molecule has 3 aromatic rings. The molecule has 7 atom stereocenters. The highest BCUT2D eigenvalue weighted by Gasteiger charge is 2.44. The Balaban J connectivity index is 1.26. The number of rotatable bonds is 5. The monoisotopic (exact) mass is 745 g/mol. The number of hydrogen-bond acceptors (Lipinski definition) is 7. The summed E-state index contributed by atoms with van der Waals surface area (Å²) in [5.74, 6) is -0.424. The highest BCUT2D eigenvalue weighted by molar-refractivity contribution is 7.92. The number of nitrogens with one attached hydrogen (secondary N) is 1. The average molecular weight is 746 g/mol. The summed E-state index contributed by atoms with van der Waals surface area (Å²) in [5.41, 5.74) is 4.04. The van der Waals surface area contributed by atoms with Gasteiger partial charge in [-0.25, -0.2) is 4.21 Å². The first-order valence-electron chi connectivity index (χ1n) is 18.4. The van der Waals surface area contributed by atoms with E-state index in [1.165, 1.54) is 11.1 Å². The second kappa shape index (κ2) is 15.3. The Morgan fingerprint density at radius 2 is 2.00 bits per heavy atom. The van der Waals surface area contributed by atoms with E-state index in [0.717, 1.165) is 54.9 Å². The van der Waals surface area contributed by atoms with Crippen molar-refractivity contribution in [3.63, 3.8) is 0 Å². The number of halogens is 1. The Labute approximate surface area is 312 Å². The lowest BCUT2D eigenvalue weighted by Crippen LogP contribution is -2.49. The number of aryl methyl sites for hydroxylation is 1. The zero-order valence-corrected chi connectivity index (χ0v) is 31.4. The number of nitrogens with zero attached hydrogens (tertiary/aromatic N) is 2. The lowest BCUT2D eigenvalue weighted by atomic mass is 9.68. The molecule has 1 unspecified atom stereocenters. The van der Waals surface area contributed by atoms with Crippen LogP contribution in [0.1, 0.15) is 66.1 Å². The number of aliphatic hydroxyl groups excluding tert-OH is 1. The summed E-state index contributed by atoms with van der Waals surface area (Å²) >= 11 is 6.45. The summed E-state index contributed by atoms with van der Waals surface area (Å²) in [7, 11) is -1.88. The van der Waals surface area contributed by atoms with Crippen molar-refractivity contribution in [1.29, 1.82) is 0 Å². The molecule has 0 aromatic heterocycles. The van der Waals surface area contributed by atoms with Gasteiger partial charge in [0.05, 0.1) is 24.2 Å². The lowest BCUT2D eigenvalue weighted by Gasteiger charge is -2.46. The Morgan fingerprint density at radius 3 is 2.77 bits per heavy atom. The number of carbonyl (C=O) groups excluding carboxylic acids is 2. The van der Waals surface area contributed by atoms with Gasteiger partial charge in [0.1, 0.15) is 21.8 Å². The zero-order chi connectivity index (χ0) is 36.5. The van der Waals surface area contributed by atoms with E-state index in [2.05, 4.69) is 32.2 Å². The van der Waals surface area contributed by atoms with Crippen molar-refractivity contribution in [2.24, 2.45) is 22.1 Å². The SMILES string of the molecule is CO[C@H]1/C=C\C[C@H](C)CS(=O)(NC(=O)[C@H](O)Cc2ccccc2)=NC(=O)c2ccc3c(c2)N(C[C@@H]2CC[C@H]21)C[C@@]1(CCCc2cc(Cl)ccc21)CO3. The molecule has 2 N–H and O–H groups in total. The first-order valence-corrected chi connectivity index (χ1v) is 20.4. The van der Waals surface area contributed by atoms with E-state index >= 15 is 0 Å². The molecule has 7 rings (SSSR count). The number of amides is 2. The fraction of sp³-hybridized carbons (Fsp3) is 0.463. The van der Waals surface area contributed by atoms with Crippen LogP contribution in [0.2, 0.25) is 5.02 Å². The maximum atomic E-state index is 14.5. The quantitative estimate of drug-likeness (QED) is 0.280. The average Bonchev–Trinajstić information content (AvgIpc) is 3.26. The van der Waals surface area contributed by atoms with Gasteiger partial charge in [0.25, 0.3) is 11.8 Å². The predicted molar refractivity (Wildman–Crippen MR) is 204 cm³/mol. The van der Waals surface area contributed by atoms with Crippen molar-refractivity contribution in [1.82, 2.24) is 4.72 Å². The largest absolute Gasteiger partial charge is 0.490 e. The van der Waals surface area contributed by atoms with E-state index < -0.39 is 27.8 Å². The van der Waals surface area contributed by atoms with Crippen LogP contribution in [0.25, 0.3) is 0 Å². The molecule has 276 valence electrons. The summed E-state index contributed by atoms with van der Waals surface area (Å²) in [6.45, 7) is 3.86. The van der Waals surface area contributed by atoms with Gasteiger partial charge in [0, 0.05) is 42.6 Å². The second-order valence-electron chi connectivity index (χ2n) is 15.1. The standard InChI is InChI=1S/C41H48ClN3O6S/c1-27-8-6-12-37(50-2)33-16-13-31(33)23-45-25-41(19-7-11-29-21-32(42)15-17-34(29)41)26-51-38-18-14-30(22-35(38)45)39(47)43-52(49,24-27)44-40(48)36(46)20-28-9-4-3-5-10-28/h3-6,9-10,12,14-15,17-18,21-22,27,31,33,36-37,46H,7-8,11,13,16,19-20,23-26H2,1-2H3,(H,43,44,47,48,49)/b12-6-/t27-,31-,33+,36+,37-,41-,52?/m0/s1. The molecule has 52 heavy (non-hydrogen) atoms. The maximum absolute atomic E-state index is 14.5. The number of anilines is 1. The molecule has 1 saturated carbocycles. The number of methoxy groups -OCH3 is 1. The first-order chi connectivity index (χ1) is 25.0. The van der Waals surface area contributed by atoms with Crippen molar-refractivity contribution in [2.75, 3.05) is 37.5 Å². The Kier molecular flexibility index (Phi) is 10.8. The van der Waals surface area contributed by atoms with Gasteiger partial charge in [-0.3, -0.25) is 14.3 Å². The van der Waals surface area contributed by atoms with Crippen molar-refractivity contribution >= 4 is 39.0 Å². The zero-order valence-electron chi connectivity index (χ0n) is 29.8. The Bertz CT molecular complexity index is 1960. The van der Waals surface area contributed by atoms with E-state index in [1.807, 2.05) is 43.3 Å². The molecule has 2 bridgehead atoms. The third-order valence-corrected chi connectivity index (χ3v) is 13.6.